The second kappa shape index (κ2) is 8.54. The van der Waals surface area contributed by atoms with Crippen LogP contribution in [0.1, 0.15) is 5.56 Å². The molecule has 0 unspecified atom stereocenters. The first-order valence-electron chi connectivity index (χ1n) is 9.15. The van der Waals surface area contributed by atoms with E-state index in [0.717, 1.165) is 17.8 Å². The summed E-state index contributed by atoms with van der Waals surface area (Å²) in [7, 11) is 0. The van der Waals surface area contributed by atoms with E-state index in [2.05, 4.69) is 15.6 Å². The van der Waals surface area contributed by atoms with Crippen molar-refractivity contribution in [1.29, 1.82) is 0 Å². The fourth-order valence-corrected chi connectivity index (χ4v) is 2.91. The van der Waals surface area contributed by atoms with Crippen LogP contribution in [0.3, 0.4) is 0 Å². The lowest BCUT2D eigenvalue weighted by Gasteiger charge is -2.02. The van der Waals surface area contributed by atoms with Crippen LogP contribution >= 0.6 is 0 Å². The smallest absolute Gasteiger partial charge is 0.269 e. The molecule has 0 fully saturated rings. The number of aromatic nitrogens is 2. The number of nitrogens with zero attached hydrogens (tertiary/aromatic N) is 4. The van der Waals surface area contributed by atoms with E-state index in [-0.39, 0.29) is 11.4 Å². The summed E-state index contributed by atoms with van der Waals surface area (Å²) in [5.74, 6) is -1.45. The van der Waals surface area contributed by atoms with Gasteiger partial charge in [0.05, 0.1) is 22.5 Å². The third-order valence-corrected chi connectivity index (χ3v) is 4.43. The number of halogens is 2. The summed E-state index contributed by atoms with van der Waals surface area (Å²) in [5.41, 5.74) is 5.11. The number of benzene rings is 3. The summed E-state index contributed by atoms with van der Waals surface area (Å²) in [6.45, 7) is 0. The van der Waals surface area contributed by atoms with E-state index < -0.39 is 16.6 Å². The molecule has 0 saturated heterocycles. The van der Waals surface area contributed by atoms with Crippen molar-refractivity contribution in [1.82, 2.24) is 9.78 Å². The molecule has 0 saturated carbocycles. The predicted molar refractivity (Wildman–Crippen MR) is 113 cm³/mol. The van der Waals surface area contributed by atoms with Gasteiger partial charge in [-0.05, 0) is 36.4 Å². The van der Waals surface area contributed by atoms with Crippen molar-refractivity contribution in [3.05, 3.63) is 106 Å². The predicted octanol–water partition coefficient (Wildman–Crippen LogP) is 5.17. The summed E-state index contributed by atoms with van der Waals surface area (Å²) in [5, 5.41) is 19.6. The molecule has 4 aromatic rings. The summed E-state index contributed by atoms with van der Waals surface area (Å²) >= 11 is 0. The summed E-state index contributed by atoms with van der Waals surface area (Å²) in [4.78, 5) is 10.5. The van der Waals surface area contributed by atoms with E-state index in [1.165, 1.54) is 24.4 Å². The zero-order valence-corrected chi connectivity index (χ0v) is 15.9. The van der Waals surface area contributed by atoms with Gasteiger partial charge in [-0.25, -0.2) is 13.5 Å². The van der Waals surface area contributed by atoms with Gasteiger partial charge in [-0.3, -0.25) is 15.5 Å². The van der Waals surface area contributed by atoms with E-state index in [1.54, 1.807) is 23.0 Å². The maximum absolute atomic E-state index is 13.8. The lowest BCUT2D eigenvalue weighted by atomic mass is 10.1. The zero-order chi connectivity index (χ0) is 21.8. The van der Waals surface area contributed by atoms with Crippen molar-refractivity contribution >= 4 is 17.6 Å². The Balaban J connectivity index is 1.69. The number of nitro groups is 1. The van der Waals surface area contributed by atoms with Crippen LogP contribution in [0, 0.1) is 21.7 Å². The lowest BCUT2D eigenvalue weighted by molar-refractivity contribution is -0.384. The Labute approximate surface area is 175 Å². The second-order valence-electron chi connectivity index (χ2n) is 6.51. The molecule has 154 valence electrons. The molecule has 31 heavy (non-hydrogen) atoms. The number of rotatable bonds is 6. The molecular weight excluding hydrogens is 404 g/mol. The third-order valence-electron chi connectivity index (χ3n) is 4.43. The number of nitrogens with one attached hydrogen (secondary N) is 1. The molecule has 0 aliphatic heterocycles. The zero-order valence-electron chi connectivity index (χ0n) is 15.9. The van der Waals surface area contributed by atoms with E-state index in [0.29, 0.717) is 16.8 Å². The van der Waals surface area contributed by atoms with Gasteiger partial charge in [-0.1, -0.05) is 18.2 Å². The summed E-state index contributed by atoms with van der Waals surface area (Å²) in [6.07, 6.45) is 3.18. The number of non-ortho nitro benzene ring substituents is 1. The van der Waals surface area contributed by atoms with Crippen molar-refractivity contribution in [2.75, 3.05) is 5.43 Å². The molecule has 1 heterocycles. The van der Waals surface area contributed by atoms with Gasteiger partial charge in [-0.15, -0.1) is 0 Å². The standard InChI is InChI=1S/C22H15F2N5O2/c23-17-8-11-21(20(24)12-17)26-25-13-16-14-28(18-4-2-1-3-5-18)27-22(16)15-6-9-19(10-7-15)29(30)31/h1-14,26H/b25-13+. The monoisotopic (exact) mass is 419 g/mol. The molecule has 1 N–H and O–H groups in total. The van der Waals surface area contributed by atoms with E-state index >= 15 is 0 Å². The molecule has 0 aliphatic rings. The third kappa shape index (κ3) is 4.45. The Bertz CT molecular complexity index is 1250. The molecule has 1 aromatic heterocycles. The van der Waals surface area contributed by atoms with Gasteiger partial charge in [0.1, 0.15) is 11.5 Å². The Morgan fingerprint density at radius 3 is 2.45 bits per heavy atom. The van der Waals surface area contributed by atoms with Crippen LogP contribution < -0.4 is 5.43 Å². The largest absolute Gasteiger partial charge is 0.276 e. The van der Waals surface area contributed by atoms with Crippen LogP contribution in [0.15, 0.2) is 84.1 Å². The van der Waals surface area contributed by atoms with Gasteiger partial charge in [0.2, 0.25) is 0 Å². The molecule has 0 aliphatic carbocycles. The Morgan fingerprint density at radius 2 is 1.77 bits per heavy atom. The highest BCUT2D eigenvalue weighted by molar-refractivity contribution is 5.89. The van der Waals surface area contributed by atoms with Gasteiger partial charge in [0.15, 0.2) is 5.82 Å². The number of nitro benzene ring substituents is 1. The van der Waals surface area contributed by atoms with E-state index in [4.69, 9.17) is 0 Å². The molecule has 0 radical (unpaired) electrons. The highest BCUT2D eigenvalue weighted by atomic mass is 19.1. The fourth-order valence-electron chi connectivity index (χ4n) is 2.91. The molecule has 0 bridgehead atoms. The Kier molecular flexibility index (Phi) is 5.48. The van der Waals surface area contributed by atoms with Crippen LogP contribution in [-0.4, -0.2) is 20.9 Å². The average molecular weight is 419 g/mol. The SMILES string of the molecule is O=[N+]([O-])c1ccc(-c2nn(-c3ccccc3)cc2/C=N/Nc2ccc(F)cc2F)cc1. The normalized spacial score (nSPS) is 11.0. The Morgan fingerprint density at radius 1 is 1.03 bits per heavy atom. The lowest BCUT2D eigenvalue weighted by Crippen LogP contribution is -1.95. The number of hydrazone groups is 1. The van der Waals surface area contributed by atoms with E-state index in [9.17, 15) is 18.9 Å². The van der Waals surface area contributed by atoms with Crippen LogP contribution in [0.2, 0.25) is 0 Å². The highest BCUT2D eigenvalue weighted by Gasteiger charge is 2.13. The molecule has 0 spiro atoms. The van der Waals surface area contributed by atoms with Crippen molar-refractivity contribution in [3.8, 4) is 16.9 Å². The average Bonchev–Trinajstić information content (AvgIpc) is 3.20. The number of para-hydroxylation sites is 1. The molecule has 0 atom stereocenters. The van der Waals surface area contributed by atoms with Crippen molar-refractivity contribution in [3.63, 3.8) is 0 Å². The number of hydrogen-bond acceptors (Lipinski definition) is 5. The summed E-state index contributed by atoms with van der Waals surface area (Å²) in [6, 6.07) is 18.5. The van der Waals surface area contributed by atoms with Gasteiger partial charge in [0.25, 0.3) is 5.69 Å². The minimum Gasteiger partial charge on any atom is -0.276 e. The van der Waals surface area contributed by atoms with Gasteiger partial charge in [-0.2, -0.15) is 10.2 Å². The molecule has 4 rings (SSSR count). The van der Waals surface area contributed by atoms with E-state index in [1.807, 2.05) is 30.3 Å². The van der Waals surface area contributed by atoms with Crippen LogP contribution in [0.5, 0.6) is 0 Å². The molecule has 3 aromatic carbocycles. The van der Waals surface area contributed by atoms with Gasteiger partial charge in [0, 0.05) is 35.5 Å². The van der Waals surface area contributed by atoms with Gasteiger partial charge < -0.3 is 0 Å². The highest BCUT2D eigenvalue weighted by Crippen LogP contribution is 2.25. The number of hydrogen-bond donors (Lipinski definition) is 1. The first-order valence-corrected chi connectivity index (χ1v) is 9.15. The topological polar surface area (TPSA) is 85.3 Å². The second-order valence-corrected chi connectivity index (χ2v) is 6.51. The molecule has 7 nitrogen and oxygen atoms in total. The van der Waals surface area contributed by atoms with Gasteiger partial charge >= 0.3 is 0 Å². The quantitative estimate of drug-likeness (QED) is 0.265. The maximum atomic E-state index is 13.8. The maximum Gasteiger partial charge on any atom is 0.269 e. The fraction of sp³-hybridized carbons (Fsp3) is 0. The summed E-state index contributed by atoms with van der Waals surface area (Å²) < 4.78 is 28.5. The first-order chi connectivity index (χ1) is 15.0. The van der Waals surface area contributed by atoms with Crippen LogP contribution in [-0.2, 0) is 0 Å². The minimum atomic E-state index is -0.771. The molecule has 9 heteroatoms. The van der Waals surface area contributed by atoms with Crippen molar-refractivity contribution in [2.24, 2.45) is 5.10 Å². The van der Waals surface area contributed by atoms with Crippen LogP contribution in [0.25, 0.3) is 16.9 Å². The van der Waals surface area contributed by atoms with Crippen molar-refractivity contribution < 1.29 is 13.7 Å². The number of anilines is 1. The van der Waals surface area contributed by atoms with Crippen molar-refractivity contribution in [2.45, 2.75) is 0 Å². The Hall–Kier alpha value is -4.40. The molecule has 0 amide bonds. The molecular formula is C22H15F2N5O2. The first kappa shape index (κ1) is 19.9. The minimum absolute atomic E-state index is 0.0185. The van der Waals surface area contributed by atoms with Crippen LogP contribution in [0.4, 0.5) is 20.2 Å².